The average molecular weight is 274 g/mol. The van der Waals surface area contributed by atoms with Crippen molar-refractivity contribution in [3.8, 4) is 5.75 Å². The van der Waals surface area contributed by atoms with Crippen molar-refractivity contribution in [1.29, 1.82) is 0 Å². The molecule has 3 rings (SSSR count). The van der Waals surface area contributed by atoms with E-state index in [4.69, 9.17) is 4.74 Å². The molecule has 110 valence electrons. The molecule has 1 fully saturated rings. The van der Waals surface area contributed by atoms with Crippen LogP contribution in [0.5, 0.6) is 5.75 Å². The van der Waals surface area contributed by atoms with Gasteiger partial charge in [-0.3, -0.25) is 0 Å². The summed E-state index contributed by atoms with van der Waals surface area (Å²) < 4.78 is 5.74. The highest BCUT2D eigenvalue weighted by atomic mass is 16.5. The summed E-state index contributed by atoms with van der Waals surface area (Å²) in [6, 6.07) is 9.93. The van der Waals surface area contributed by atoms with Crippen LogP contribution < -0.4 is 15.4 Å². The van der Waals surface area contributed by atoms with E-state index in [0.29, 0.717) is 18.1 Å². The third kappa shape index (κ3) is 3.33. The van der Waals surface area contributed by atoms with E-state index >= 15 is 0 Å². The molecule has 0 saturated carbocycles. The molecule has 0 bridgehead atoms. The van der Waals surface area contributed by atoms with Gasteiger partial charge in [0, 0.05) is 17.6 Å². The Hall–Kier alpha value is -1.06. The summed E-state index contributed by atoms with van der Waals surface area (Å²) in [6.45, 7) is 4.25. The van der Waals surface area contributed by atoms with E-state index < -0.39 is 0 Å². The van der Waals surface area contributed by atoms with E-state index in [1.165, 1.54) is 44.2 Å². The number of hydrogen-bond acceptors (Lipinski definition) is 3. The minimum absolute atomic E-state index is 0.354. The Morgan fingerprint density at radius 3 is 3.15 bits per heavy atom. The third-order valence-corrected chi connectivity index (χ3v) is 4.49. The summed E-state index contributed by atoms with van der Waals surface area (Å²) in [5.74, 6) is 1.05. The Morgan fingerprint density at radius 2 is 2.20 bits per heavy atom. The van der Waals surface area contributed by atoms with Gasteiger partial charge in [0.2, 0.25) is 0 Å². The fourth-order valence-corrected chi connectivity index (χ4v) is 3.44. The zero-order valence-corrected chi connectivity index (χ0v) is 12.4. The van der Waals surface area contributed by atoms with Crippen LogP contribution in [0.15, 0.2) is 24.3 Å². The van der Waals surface area contributed by atoms with E-state index in [9.17, 15) is 0 Å². The fraction of sp³-hybridized carbons (Fsp3) is 0.647. The SMILES string of the molecule is CC(CC1CCCCCN1)NC1COc2ccccc21. The van der Waals surface area contributed by atoms with Gasteiger partial charge in [0.25, 0.3) is 0 Å². The Labute approximate surface area is 122 Å². The first kappa shape index (κ1) is 13.9. The number of hydrogen-bond donors (Lipinski definition) is 2. The summed E-state index contributed by atoms with van der Waals surface area (Å²) in [7, 11) is 0. The van der Waals surface area contributed by atoms with Crippen molar-refractivity contribution in [2.24, 2.45) is 0 Å². The van der Waals surface area contributed by atoms with Gasteiger partial charge in [0.1, 0.15) is 12.4 Å². The van der Waals surface area contributed by atoms with Crippen LogP contribution in [0, 0.1) is 0 Å². The molecule has 0 amide bonds. The first-order valence-electron chi connectivity index (χ1n) is 8.04. The molecule has 0 radical (unpaired) electrons. The van der Waals surface area contributed by atoms with Crippen molar-refractivity contribution in [2.75, 3.05) is 13.2 Å². The molecule has 1 aromatic rings. The molecular weight excluding hydrogens is 248 g/mol. The normalized spacial score (nSPS) is 27.4. The van der Waals surface area contributed by atoms with Crippen LogP contribution >= 0.6 is 0 Å². The Balaban J connectivity index is 1.53. The molecule has 0 spiro atoms. The van der Waals surface area contributed by atoms with Crippen molar-refractivity contribution < 1.29 is 4.74 Å². The zero-order chi connectivity index (χ0) is 13.8. The van der Waals surface area contributed by atoms with Crippen molar-refractivity contribution in [3.05, 3.63) is 29.8 Å². The summed E-state index contributed by atoms with van der Waals surface area (Å²) in [5, 5.41) is 7.42. The minimum Gasteiger partial charge on any atom is -0.491 e. The van der Waals surface area contributed by atoms with Gasteiger partial charge >= 0.3 is 0 Å². The van der Waals surface area contributed by atoms with Gasteiger partial charge < -0.3 is 15.4 Å². The lowest BCUT2D eigenvalue weighted by atomic mass is 10.0. The second kappa shape index (κ2) is 6.59. The molecule has 1 aromatic carbocycles. The van der Waals surface area contributed by atoms with Gasteiger partial charge in [-0.25, -0.2) is 0 Å². The molecule has 0 aliphatic carbocycles. The Bertz CT molecular complexity index is 427. The smallest absolute Gasteiger partial charge is 0.124 e. The second-order valence-electron chi connectivity index (χ2n) is 6.21. The van der Waals surface area contributed by atoms with E-state index in [0.717, 1.165) is 12.4 Å². The van der Waals surface area contributed by atoms with Crippen molar-refractivity contribution >= 4 is 0 Å². The fourth-order valence-electron chi connectivity index (χ4n) is 3.44. The Morgan fingerprint density at radius 1 is 1.30 bits per heavy atom. The third-order valence-electron chi connectivity index (χ3n) is 4.49. The highest BCUT2D eigenvalue weighted by molar-refractivity contribution is 5.39. The second-order valence-corrected chi connectivity index (χ2v) is 6.21. The number of nitrogens with one attached hydrogen (secondary N) is 2. The van der Waals surface area contributed by atoms with Crippen molar-refractivity contribution in [2.45, 2.75) is 57.2 Å². The van der Waals surface area contributed by atoms with Gasteiger partial charge in [-0.2, -0.15) is 0 Å². The summed E-state index contributed by atoms with van der Waals surface area (Å²) in [6.07, 6.45) is 6.62. The standard InChI is InChI=1S/C17H26N2O/c1-13(11-14-7-3-2-6-10-18-14)19-16-12-20-17-9-5-4-8-15(16)17/h4-5,8-9,13-14,16,18-19H,2-3,6-7,10-12H2,1H3. The molecule has 2 N–H and O–H groups in total. The monoisotopic (exact) mass is 274 g/mol. The highest BCUT2D eigenvalue weighted by Gasteiger charge is 2.25. The summed E-state index contributed by atoms with van der Waals surface area (Å²) in [4.78, 5) is 0. The molecule has 2 aliphatic rings. The van der Waals surface area contributed by atoms with Crippen LogP contribution in [0.2, 0.25) is 0 Å². The summed E-state index contributed by atoms with van der Waals surface area (Å²) in [5.41, 5.74) is 1.31. The molecule has 2 aliphatic heterocycles. The lowest BCUT2D eigenvalue weighted by Crippen LogP contribution is -2.38. The molecule has 3 nitrogen and oxygen atoms in total. The quantitative estimate of drug-likeness (QED) is 0.885. The number of benzene rings is 1. The van der Waals surface area contributed by atoms with Gasteiger partial charge in [-0.05, 0) is 38.8 Å². The maximum Gasteiger partial charge on any atom is 0.124 e. The predicted molar refractivity (Wildman–Crippen MR) is 82.2 cm³/mol. The number of ether oxygens (including phenoxy) is 1. The van der Waals surface area contributed by atoms with Crippen molar-refractivity contribution in [1.82, 2.24) is 10.6 Å². The van der Waals surface area contributed by atoms with Crippen LogP contribution in [0.1, 0.15) is 50.6 Å². The molecule has 3 atom stereocenters. The van der Waals surface area contributed by atoms with Crippen molar-refractivity contribution in [3.63, 3.8) is 0 Å². The lowest BCUT2D eigenvalue weighted by molar-refractivity contribution is 0.289. The molecule has 0 aromatic heterocycles. The van der Waals surface area contributed by atoms with Gasteiger partial charge in [-0.1, -0.05) is 31.0 Å². The Kier molecular flexibility index (Phi) is 4.58. The maximum absolute atomic E-state index is 5.74. The molecular formula is C17H26N2O. The van der Waals surface area contributed by atoms with E-state index in [-0.39, 0.29) is 0 Å². The van der Waals surface area contributed by atoms with Crippen LogP contribution in [-0.2, 0) is 0 Å². The van der Waals surface area contributed by atoms with E-state index in [2.05, 4.69) is 35.8 Å². The summed E-state index contributed by atoms with van der Waals surface area (Å²) >= 11 is 0. The maximum atomic E-state index is 5.74. The number of fused-ring (bicyclic) bond motifs is 1. The average Bonchev–Trinajstić information content (AvgIpc) is 2.68. The van der Waals surface area contributed by atoms with E-state index in [1.807, 2.05) is 6.07 Å². The number of para-hydroxylation sites is 1. The van der Waals surface area contributed by atoms with Gasteiger partial charge in [0.15, 0.2) is 0 Å². The number of rotatable bonds is 4. The topological polar surface area (TPSA) is 33.3 Å². The molecule has 20 heavy (non-hydrogen) atoms. The largest absolute Gasteiger partial charge is 0.491 e. The minimum atomic E-state index is 0.354. The van der Waals surface area contributed by atoms with Crippen LogP contribution in [-0.4, -0.2) is 25.2 Å². The zero-order valence-electron chi connectivity index (χ0n) is 12.4. The first-order chi connectivity index (χ1) is 9.83. The lowest BCUT2D eigenvalue weighted by Gasteiger charge is -2.24. The van der Waals surface area contributed by atoms with Crippen LogP contribution in [0.4, 0.5) is 0 Å². The van der Waals surface area contributed by atoms with Gasteiger partial charge in [-0.15, -0.1) is 0 Å². The van der Waals surface area contributed by atoms with Gasteiger partial charge in [0.05, 0.1) is 6.04 Å². The van der Waals surface area contributed by atoms with E-state index in [1.54, 1.807) is 0 Å². The van der Waals surface area contributed by atoms with Crippen LogP contribution in [0.25, 0.3) is 0 Å². The van der Waals surface area contributed by atoms with Crippen LogP contribution in [0.3, 0.4) is 0 Å². The molecule has 2 heterocycles. The molecule has 3 unspecified atom stereocenters. The molecule has 1 saturated heterocycles. The molecule has 3 heteroatoms. The first-order valence-corrected chi connectivity index (χ1v) is 8.04. The highest BCUT2D eigenvalue weighted by Crippen LogP contribution is 2.32. The predicted octanol–water partition coefficient (Wildman–Crippen LogP) is 3.02.